The Kier molecular flexibility index (Phi) is 4.11. The quantitative estimate of drug-likeness (QED) is 0.617. The van der Waals surface area contributed by atoms with Crippen LogP contribution >= 0.6 is 0 Å². The highest BCUT2D eigenvalue weighted by atomic mass is 16.5. The van der Waals surface area contributed by atoms with Crippen molar-refractivity contribution in [2.75, 3.05) is 38.4 Å². The summed E-state index contributed by atoms with van der Waals surface area (Å²) in [6, 6.07) is 3.24. The highest BCUT2D eigenvalue weighted by molar-refractivity contribution is 5.95. The number of nitrogen functional groups attached to an aromatic ring is 1. The van der Waals surface area contributed by atoms with Gasteiger partial charge in [-0.3, -0.25) is 0 Å². The Hall–Kier alpha value is -1.95. The summed E-state index contributed by atoms with van der Waals surface area (Å²) >= 11 is 0. The van der Waals surface area contributed by atoms with Crippen LogP contribution in [0.25, 0.3) is 0 Å². The van der Waals surface area contributed by atoms with Crippen LogP contribution < -0.4 is 15.8 Å². The average molecular weight is 266 g/mol. The summed E-state index contributed by atoms with van der Waals surface area (Å²) < 4.78 is 15.2. The molecule has 6 heteroatoms. The minimum absolute atomic E-state index is 0.211. The standard InChI is InChI=1S/C13H18N2O4/c1-17-12-6-10(14)11(5-9(12)13(16)18-2)15-7-8-3-4-19-8/h5-6,8,15H,3-4,7,14H2,1-2H3/t8-/m0/s1. The van der Waals surface area contributed by atoms with Crippen molar-refractivity contribution in [1.82, 2.24) is 0 Å². The molecule has 1 aromatic rings. The van der Waals surface area contributed by atoms with Gasteiger partial charge < -0.3 is 25.3 Å². The summed E-state index contributed by atoms with van der Waals surface area (Å²) in [7, 11) is 2.81. The number of nitrogens with one attached hydrogen (secondary N) is 1. The number of ether oxygens (including phenoxy) is 3. The van der Waals surface area contributed by atoms with Crippen molar-refractivity contribution in [3.63, 3.8) is 0 Å². The van der Waals surface area contributed by atoms with Gasteiger partial charge in [0.1, 0.15) is 11.3 Å². The predicted octanol–water partition coefficient (Wildman–Crippen LogP) is 1.26. The molecule has 1 aromatic carbocycles. The molecule has 0 bridgehead atoms. The molecular formula is C13H18N2O4. The number of nitrogens with two attached hydrogens (primary N) is 1. The molecule has 1 aliphatic heterocycles. The first-order valence-corrected chi connectivity index (χ1v) is 6.07. The zero-order chi connectivity index (χ0) is 13.8. The molecule has 1 heterocycles. The van der Waals surface area contributed by atoms with Gasteiger partial charge in [-0.05, 0) is 12.5 Å². The molecule has 0 spiro atoms. The van der Waals surface area contributed by atoms with Gasteiger partial charge in [0.05, 0.1) is 31.7 Å². The fourth-order valence-corrected chi connectivity index (χ4v) is 1.86. The van der Waals surface area contributed by atoms with Crippen molar-refractivity contribution < 1.29 is 19.0 Å². The lowest BCUT2D eigenvalue weighted by Crippen LogP contribution is -2.33. The monoisotopic (exact) mass is 266 g/mol. The molecule has 0 aromatic heterocycles. The van der Waals surface area contributed by atoms with E-state index in [0.29, 0.717) is 29.2 Å². The van der Waals surface area contributed by atoms with E-state index in [0.717, 1.165) is 13.0 Å². The number of benzene rings is 1. The Morgan fingerprint density at radius 2 is 2.26 bits per heavy atom. The van der Waals surface area contributed by atoms with Crippen LogP contribution in [0.4, 0.5) is 11.4 Å². The zero-order valence-corrected chi connectivity index (χ0v) is 11.1. The van der Waals surface area contributed by atoms with Crippen molar-refractivity contribution >= 4 is 17.3 Å². The largest absolute Gasteiger partial charge is 0.496 e. The molecule has 6 nitrogen and oxygen atoms in total. The number of anilines is 2. The molecule has 1 atom stereocenters. The third kappa shape index (κ3) is 2.90. The summed E-state index contributed by atoms with van der Waals surface area (Å²) in [5, 5.41) is 3.17. The highest BCUT2D eigenvalue weighted by Gasteiger charge is 2.19. The molecule has 2 rings (SSSR count). The van der Waals surface area contributed by atoms with Crippen LogP contribution in [0.2, 0.25) is 0 Å². The van der Waals surface area contributed by atoms with Crippen molar-refractivity contribution in [1.29, 1.82) is 0 Å². The highest BCUT2D eigenvalue weighted by Crippen LogP contribution is 2.30. The van der Waals surface area contributed by atoms with Crippen molar-refractivity contribution in [2.24, 2.45) is 0 Å². The smallest absolute Gasteiger partial charge is 0.341 e. The fraction of sp³-hybridized carbons (Fsp3) is 0.462. The molecule has 0 unspecified atom stereocenters. The third-order valence-electron chi connectivity index (χ3n) is 3.09. The predicted molar refractivity (Wildman–Crippen MR) is 71.6 cm³/mol. The van der Waals surface area contributed by atoms with E-state index in [4.69, 9.17) is 19.9 Å². The minimum atomic E-state index is -0.459. The van der Waals surface area contributed by atoms with Gasteiger partial charge in [0.25, 0.3) is 0 Å². The van der Waals surface area contributed by atoms with Crippen LogP contribution in [-0.4, -0.2) is 39.4 Å². The summed E-state index contributed by atoms with van der Waals surface area (Å²) in [6.07, 6.45) is 1.25. The molecular weight excluding hydrogens is 248 g/mol. The Morgan fingerprint density at radius 3 is 2.79 bits per heavy atom. The number of carbonyl (C=O) groups is 1. The lowest BCUT2D eigenvalue weighted by atomic mass is 10.1. The first-order chi connectivity index (χ1) is 9.15. The molecule has 19 heavy (non-hydrogen) atoms. The van der Waals surface area contributed by atoms with Gasteiger partial charge in [-0.15, -0.1) is 0 Å². The first kappa shape index (κ1) is 13.5. The molecule has 0 saturated carbocycles. The van der Waals surface area contributed by atoms with Gasteiger partial charge in [-0.1, -0.05) is 0 Å². The van der Waals surface area contributed by atoms with E-state index in [-0.39, 0.29) is 6.10 Å². The van der Waals surface area contributed by atoms with Gasteiger partial charge in [0.15, 0.2) is 0 Å². The molecule has 0 radical (unpaired) electrons. The second-order valence-corrected chi connectivity index (χ2v) is 4.29. The summed E-state index contributed by atoms with van der Waals surface area (Å²) in [4.78, 5) is 11.7. The van der Waals surface area contributed by atoms with Gasteiger partial charge in [0, 0.05) is 19.2 Å². The lowest BCUT2D eigenvalue weighted by molar-refractivity contribution is -0.0410. The van der Waals surface area contributed by atoms with Gasteiger partial charge in [-0.25, -0.2) is 4.79 Å². The van der Waals surface area contributed by atoms with E-state index in [2.05, 4.69) is 5.32 Å². The molecule has 0 aliphatic carbocycles. The number of hydrogen-bond acceptors (Lipinski definition) is 6. The Balaban J connectivity index is 2.19. The number of methoxy groups -OCH3 is 2. The van der Waals surface area contributed by atoms with E-state index in [1.54, 1.807) is 12.1 Å². The molecule has 1 saturated heterocycles. The van der Waals surface area contributed by atoms with Gasteiger partial charge in [0.2, 0.25) is 0 Å². The van der Waals surface area contributed by atoms with Crippen LogP contribution in [-0.2, 0) is 9.47 Å². The van der Waals surface area contributed by atoms with E-state index in [1.807, 2.05) is 0 Å². The van der Waals surface area contributed by atoms with E-state index >= 15 is 0 Å². The van der Waals surface area contributed by atoms with Crippen LogP contribution in [0.3, 0.4) is 0 Å². The summed E-state index contributed by atoms with van der Waals surface area (Å²) in [6.45, 7) is 1.47. The number of hydrogen-bond donors (Lipinski definition) is 2. The first-order valence-electron chi connectivity index (χ1n) is 6.07. The van der Waals surface area contributed by atoms with E-state index in [1.165, 1.54) is 14.2 Å². The van der Waals surface area contributed by atoms with E-state index in [9.17, 15) is 4.79 Å². The maximum absolute atomic E-state index is 11.7. The maximum atomic E-state index is 11.7. The zero-order valence-electron chi connectivity index (χ0n) is 11.1. The molecule has 3 N–H and O–H groups in total. The molecule has 1 aliphatic rings. The Labute approximate surface area is 111 Å². The Morgan fingerprint density at radius 1 is 1.53 bits per heavy atom. The average Bonchev–Trinajstić information content (AvgIpc) is 2.37. The third-order valence-corrected chi connectivity index (χ3v) is 3.09. The SMILES string of the molecule is COC(=O)c1cc(NC[C@@H]2CCO2)c(N)cc1OC. The summed E-state index contributed by atoms with van der Waals surface area (Å²) in [5.41, 5.74) is 7.46. The number of rotatable bonds is 5. The van der Waals surface area contributed by atoms with Gasteiger partial charge >= 0.3 is 5.97 Å². The second kappa shape index (κ2) is 5.79. The minimum Gasteiger partial charge on any atom is -0.496 e. The van der Waals surface area contributed by atoms with E-state index < -0.39 is 5.97 Å². The van der Waals surface area contributed by atoms with Crippen molar-refractivity contribution in [2.45, 2.75) is 12.5 Å². The van der Waals surface area contributed by atoms with Gasteiger partial charge in [-0.2, -0.15) is 0 Å². The number of carbonyl (C=O) groups excluding carboxylic acids is 1. The fourth-order valence-electron chi connectivity index (χ4n) is 1.86. The Bertz CT molecular complexity index is 472. The summed E-state index contributed by atoms with van der Waals surface area (Å²) in [5.74, 6) is -0.0606. The topological polar surface area (TPSA) is 82.8 Å². The normalized spacial score (nSPS) is 17.5. The molecule has 1 fully saturated rings. The second-order valence-electron chi connectivity index (χ2n) is 4.29. The maximum Gasteiger partial charge on any atom is 0.341 e. The van der Waals surface area contributed by atoms with Crippen molar-refractivity contribution in [3.05, 3.63) is 17.7 Å². The van der Waals surface area contributed by atoms with Crippen molar-refractivity contribution in [3.8, 4) is 5.75 Å². The van der Waals surface area contributed by atoms with Crippen LogP contribution in [0.5, 0.6) is 5.75 Å². The van der Waals surface area contributed by atoms with Crippen LogP contribution in [0.1, 0.15) is 16.8 Å². The lowest BCUT2D eigenvalue weighted by Gasteiger charge is -2.27. The molecule has 0 amide bonds. The van der Waals surface area contributed by atoms with Crippen LogP contribution in [0, 0.1) is 0 Å². The molecule has 104 valence electrons. The number of esters is 1. The van der Waals surface area contributed by atoms with Crippen LogP contribution in [0.15, 0.2) is 12.1 Å².